The minimum Gasteiger partial charge on any atom is -0.395 e. The van der Waals surface area contributed by atoms with Gasteiger partial charge in [-0.15, -0.1) is 0 Å². The van der Waals surface area contributed by atoms with E-state index < -0.39 is 0 Å². The number of oxime groups is 1. The Kier molecular flexibility index (Phi) is 5.28. The highest BCUT2D eigenvalue weighted by atomic mass is 16.6. The summed E-state index contributed by atoms with van der Waals surface area (Å²) in [5.74, 6) is -0.206. The van der Waals surface area contributed by atoms with Gasteiger partial charge >= 0.3 is 0 Å². The molecule has 8 nitrogen and oxygen atoms in total. The van der Waals surface area contributed by atoms with Crippen LogP contribution in [0.1, 0.15) is 47.9 Å². The minimum atomic E-state index is -0.363. The van der Waals surface area contributed by atoms with Gasteiger partial charge in [-0.2, -0.15) is 0 Å². The molecule has 1 aromatic rings. The monoisotopic (exact) mass is 345 g/mol. The topological polar surface area (TPSA) is 105 Å². The zero-order chi connectivity index (χ0) is 17.8. The number of nitrogens with one attached hydrogen (secondary N) is 3. The van der Waals surface area contributed by atoms with Crippen molar-refractivity contribution in [1.29, 1.82) is 0 Å². The summed E-state index contributed by atoms with van der Waals surface area (Å²) in [5, 5.41) is 12.8. The smallest absolute Gasteiger partial charge is 0.270 e. The first-order valence-corrected chi connectivity index (χ1v) is 8.50. The van der Waals surface area contributed by atoms with E-state index in [0.29, 0.717) is 31.3 Å². The van der Waals surface area contributed by atoms with Crippen LogP contribution in [-0.4, -0.2) is 42.2 Å². The number of carbonyl (C=O) groups excluding carboxylic acids is 2. The molecule has 0 spiro atoms. The van der Waals surface area contributed by atoms with Crippen molar-refractivity contribution in [3.05, 3.63) is 29.1 Å². The van der Waals surface area contributed by atoms with E-state index in [2.05, 4.69) is 26.1 Å². The number of pyridine rings is 1. The van der Waals surface area contributed by atoms with Gasteiger partial charge in [-0.05, 0) is 23.1 Å². The van der Waals surface area contributed by atoms with Crippen LogP contribution in [0.4, 0.5) is 0 Å². The van der Waals surface area contributed by atoms with E-state index in [-0.39, 0.29) is 24.4 Å². The van der Waals surface area contributed by atoms with E-state index in [1.165, 1.54) is 0 Å². The lowest BCUT2D eigenvalue weighted by Crippen LogP contribution is -2.38. The average Bonchev–Trinajstić information content (AvgIpc) is 3.25. The number of hydrogen-bond donors (Lipinski definition) is 3. The zero-order valence-electron chi connectivity index (χ0n) is 14.5. The maximum absolute atomic E-state index is 12.3. The summed E-state index contributed by atoms with van der Waals surface area (Å²) in [6.45, 7) is 5.82. The van der Waals surface area contributed by atoms with Gasteiger partial charge in [0.1, 0.15) is 12.3 Å². The Morgan fingerprint density at radius 2 is 2.24 bits per heavy atom. The molecule has 0 bridgehead atoms. The molecule has 25 heavy (non-hydrogen) atoms. The van der Waals surface area contributed by atoms with Gasteiger partial charge in [0.15, 0.2) is 0 Å². The van der Waals surface area contributed by atoms with E-state index in [1.807, 2.05) is 13.8 Å². The second-order valence-corrected chi connectivity index (χ2v) is 6.63. The SMILES string of the molecule is CC(C)CNC(=O)CNC(=O)c1cc2c(cn1)CNC2C1=NOCC1. The van der Waals surface area contributed by atoms with Crippen molar-refractivity contribution in [3.63, 3.8) is 0 Å². The highest BCUT2D eigenvalue weighted by Crippen LogP contribution is 2.29. The van der Waals surface area contributed by atoms with E-state index in [1.54, 1.807) is 12.3 Å². The number of carbonyl (C=O) groups is 2. The molecule has 0 aliphatic carbocycles. The summed E-state index contributed by atoms with van der Waals surface area (Å²) < 4.78 is 0. The van der Waals surface area contributed by atoms with Crippen molar-refractivity contribution in [2.24, 2.45) is 11.1 Å². The Balaban J connectivity index is 1.62. The second kappa shape index (κ2) is 7.60. The molecule has 1 atom stereocenters. The number of aromatic nitrogens is 1. The van der Waals surface area contributed by atoms with Crippen LogP contribution in [0.25, 0.3) is 0 Å². The van der Waals surface area contributed by atoms with Gasteiger partial charge in [-0.3, -0.25) is 14.6 Å². The Labute approximate surface area is 146 Å². The highest BCUT2D eigenvalue weighted by molar-refractivity contribution is 5.96. The summed E-state index contributed by atoms with van der Waals surface area (Å²) >= 11 is 0. The third kappa shape index (κ3) is 4.14. The lowest BCUT2D eigenvalue weighted by molar-refractivity contribution is -0.120. The fourth-order valence-corrected chi connectivity index (χ4v) is 2.81. The summed E-state index contributed by atoms with van der Waals surface area (Å²) in [5.41, 5.74) is 3.27. The van der Waals surface area contributed by atoms with E-state index >= 15 is 0 Å². The van der Waals surface area contributed by atoms with Crippen LogP contribution in [0.2, 0.25) is 0 Å². The first-order valence-electron chi connectivity index (χ1n) is 8.50. The third-order valence-electron chi connectivity index (χ3n) is 4.14. The third-order valence-corrected chi connectivity index (χ3v) is 4.14. The van der Waals surface area contributed by atoms with Crippen molar-refractivity contribution < 1.29 is 14.4 Å². The lowest BCUT2D eigenvalue weighted by Gasteiger charge is -2.12. The molecule has 1 unspecified atom stereocenters. The van der Waals surface area contributed by atoms with E-state index in [0.717, 1.165) is 23.3 Å². The fraction of sp³-hybridized carbons (Fsp3) is 0.529. The predicted molar refractivity (Wildman–Crippen MR) is 92.0 cm³/mol. The van der Waals surface area contributed by atoms with E-state index in [4.69, 9.17) is 4.84 Å². The van der Waals surface area contributed by atoms with Gasteiger partial charge in [-0.1, -0.05) is 19.0 Å². The predicted octanol–water partition coefficient (Wildman–Crippen LogP) is 0.504. The molecule has 3 heterocycles. The Morgan fingerprint density at radius 1 is 1.40 bits per heavy atom. The standard InChI is InChI=1S/C17H23N5O3/c1-10(2)6-19-15(23)9-21-17(24)14-5-12-11(7-18-14)8-20-16(12)13-3-4-25-22-13/h5,7,10,16,20H,3-4,6,8-9H2,1-2H3,(H,19,23)(H,21,24). The fourth-order valence-electron chi connectivity index (χ4n) is 2.81. The summed E-state index contributed by atoms with van der Waals surface area (Å²) in [4.78, 5) is 33.3. The second-order valence-electron chi connectivity index (χ2n) is 6.63. The molecule has 0 saturated heterocycles. The summed E-state index contributed by atoms with van der Waals surface area (Å²) in [6.07, 6.45) is 2.48. The normalized spacial score (nSPS) is 18.5. The van der Waals surface area contributed by atoms with Gasteiger partial charge in [-0.25, -0.2) is 0 Å². The number of amides is 2. The Morgan fingerprint density at radius 3 is 2.96 bits per heavy atom. The van der Waals surface area contributed by atoms with Crippen LogP contribution in [-0.2, 0) is 16.2 Å². The summed E-state index contributed by atoms with van der Waals surface area (Å²) in [7, 11) is 0. The van der Waals surface area contributed by atoms with Crippen LogP contribution in [0, 0.1) is 5.92 Å². The molecule has 0 radical (unpaired) electrons. The molecular formula is C17H23N5O3. The lowest BCUT2D eigenvalue weighted by atomic mass is 10.0. The molecule has 0 saturated carbocycles. The number of rotatable bonds is 6. The number of nitrogens with zero attached hydrogens (tertiary/aromatic N) is 2. The van der Waals surface area contributed by atoms with Crippen molar-refractivity contribution in [3.8, 4) is 0 Å². The molecule has 0 aromatic carbocycles. The Bertz CT molecular complexity index is 702. The highest BCUT2D eigenvalue weighted by Gasteiger charge is 2.30. The quantitative estimate of drug-likeness (QED) is 0.697. The summed E-state index contributed by atoms with van der Waals surface area (Å²) in [6, 6.07) is 1.73. The molecule has 134 valence electrons. The van der Waals surface area contributed by atoms with Gasteiger partial charge in [0.2, 0.25) is 5.91 Å². The first-order chi connectivity index (χ1) is 12.0. The maximum atomic E-state index is 12.3. The maximum Gasteiger partial charge on any atom is 0.270 e. The van der Waals surface area contributed by atoms with Crippen LogP contribution < -0.4 is 16.0 Å². The first kappa shape index (κ1) is 17.3. The molecule has 3 N–H and O–H groups in total. The average molecular weight is 345 g/mol. The van der Waals surface area contributed by atoms with Crippen LogP contribution in [0.15, 0.2) is 17.4 Å². The molecule has 8 heteroatoms. The number of fused-ring (bicyclic) bond motifs is 1. The Hall–Kier alpha value is -2.48. The minimum absolute atomic E-state index is 0.0404. The molecule has 2 amide bonds. The molecule has 2 aliphatic heterocycles. The molecule has 3 rings (SSSR count). The van der Waals surface area contributed by atoms with Crippen LogP contribution >= 0.6 is 0 Å². The largest absolute Gasteiger partial charge is 0.395 e. The number of hydrogen-bond acceptors (Lipinski definition) is 6. The molecule has 2 aliphatic rings. The molecule has 0 fully saturated rings. The van der Waals surface area contributed by atoms with Crippen LogP contribution in [0.5, 0.6) is 0 Å². The van der Waals surface area contributed by atoms with Gasteiger partial charge in [0, 0.05) is 25.7 Å². The van der Waals surface area contributed by atoms with Crippen molar-refractivity contribution >= 4 is 17.5 Å². The van der Waals surface area contributed by atoms with Crippen LogP contribution in [0.3, 0.4) is 0 Å². The van der Waals surface area contributed by atoms with Crippen molar-refractivity contribution in [1.82, 2.24) is 20.9 Å². The molecule has 1 aromatic heterocycles. The van der Waals surface area contributed by atoms with Gasteiger partial charge in [0.25, 0.3) is 5.91 Å². The van der Waals surface area contributed by atoms with Gasteiger partial charge < -0.3 is 20.8 Å². The van der Waals surface area contributed by atoms with E-state index in [9.17, 15) is 9.59 Å². The van der Waals surface area contributed by atoms with Gasteiger partial charge in [0.05, 0.1) is 18.3 Å². The van der Waals surface area contributed by atoms with Crippen molar-refractivity contribution in [2.45, 2.75) is 32.9 Å². The zero-order valence-corrected chi connectivity index (χ0v) is 14.5. The molecular weight excluding hydrogens is 322 g/mol. The van der Waals surface area contributed by atoms with Crippen molar-refractivity contribution in [2.75, 3.05) is 19.7 Å².